The van der Waals surface area contributed by atoms with Gasteiger partial charge in [0.1, 0.15) is 11.5 Å². The Morgan fingerprint density at radius 3 is 3.00 bits per heavy atom. The van der Waals surface area contributed by atoms with Gasteiger partial charge in [-0.05, 0) is 38.0 Å². The van der Waals surface area contributed by atoms with Crippen LogP contribution in [-0.4, -0.2) is 15.2 Å². The topological polar surface area (TPSA) is 34.9 Å². The molecule has 0 saturated carbocycles. The fraction of sp³-hybridized carbons (Fsp3) is 0.429. The van der Waals surface area contributed by atoms with Crippen LogP contribution in [-0.2, 0) is 13.0 Å². The number of aromatic nitrogens is 2. The summed E-state index contributed by atoms with van der Waals surface area (Å²) in [6.45, 7) is 2.00. The average molecular weight is 325 g/mol. The van der Waals surface area contributed by atoms with E-state index in [1.54, 1.807) is 17.6 Å². The molecule has 3 nitrogen and oxygen atoms in total. The second kappa shape index (κ2) is 4.40. The minimum absolute atomic E-state index is 0.0646. The fourth-order valence-electron chi connectivity index (χ4n) is 2.50. The summed E-state index contributed by atoms with van der Waals surface area (Å²) in [5, 5.41) is 0.592. The van der Waals surface area contributed by atoms with E-state index in [4.69, 9.17) is 0 Å². The third kappa shape index (κ3) is 2.31. The molecule has 1 aromatic carbocycles. The lowest BCUT2D eigenvalue weighted by atomic mass is 10.00. The summed E-state index contributed by atoms with van der Waals surface area (Å²) in [6.07, 6.45) is 1.28. The van der Waals surface area contributed by atoms with E-state index in [2.05, 4.69) is 20.9 Å². The van der Waals surface area contributed by atoms with Crippen molar-refractivity contribution < 1.29 is 4.39 Å². The summed E-state index contributed by atoms with van der Waals surface area (Å²) in [6, 6.07) is 5.42. The van der Waals surface area contributed by atoms with Crippen molar-refractivity contribution in [1.82, 2.24) is 9.55 Å². The van der Waals surface area contributed by atoms with Gasteiger partial charge in [-0.3, -0.25) is 9.36 Å². The highest BCUT2D eigenvalue weighted by molar-refractivity contribution is 9.10. The number of halogens is 2. The summed E-state index contributed by atoms with van der Waals surface area (Å²) < 4.78 is 16.6. The molecule has 100 valence electrons. The first-order valence-electron chi connectivity index (χ1n) is 6.34. The van der Waals surface area contributed by atoms with Crippen molar-refractivity contribution in [1.29, 1.82) is 0 Å². The maximum Gasteiger partial charge on any atom is 0.261 e. The van der Waals surface area contributed by atoms with E-state index in [-0.39, 0.29) is 5.56 Å². The van der Waals surface area contributed by atoms with Crippen LogP contribution in [0.25, 0.3) is 10.9 Å². The normalized spacial score (nSPS) is 23.1. The number of hydrogen-bond acceptors (Lipinski definition) is 2. The third-order valence-corrected chi connectivity index (χ3v) is 4.22. The van der Waals surface area contributed by atoms with Crippen LogP contribution in [0.15, 0.2) is 27.5 Å². The highest BCUT2D eigenvalue weighted by Crippen LogP contribution is 2.26. The molecule has 5 heteroatoms. The minimum Gasteiger partial charge on any atom is -0.296 e. The van der Waals surface area contributed by atoms with Crippen LogP contribution in [0, 0.1) is 0 Å². The van der Waals surface area contributed by atoms with Gasteiger partial charge in [0, 0.05) is 17.4 Å². The molecule has 19 heavy (non-hydrogen) atoms. The van der Waals surface area contributed by atoms with Gasteiger partial charge in [0.25, 0.3) is 5.56 Å². The molecule has 1 aliphatic rings. The first kappa shape index (κ1) is 12.8. The van der Waals surface area contributed by atoms with Crippen LogP contribution in [0.5, 0.6) is 0 Å². The van der Waals surface area contributed by atoms with Crippen molar-refractivity contribution in [3.05, 3.63) is 38.9 Å². The maximum atomic E-state index is 14.1. The van der Waals surface area contributed by atoms with E-state index in [0.717, 1.165) is 4.47 Å². The molecule has 1 aromatic heterocycles. The molecule has 1 atom stereocenters. The van der Waals surface area contributed by atoms with E-state index in [1.807, 2.05) is 12.1 Å². The molecule has 0 N–H and O–H groups in total. The minimum atomic E-state index is -1.22. The zero-order chi connectivity index (χ0) is 13.6. The number of hydrogen-bond donors (Lipinski definition) is 0. The van der Waals surface area contributed by atoms with E-state index >= 15 is 0 Å². The van der Waals surface area contributed by atoms with E-state index in [9.17, 15) is 9.18 Å². The molecule has 2 aromatic rings. The molecule has 0 bridgehead atoms. The predicted octanol–water partition coefficient (Wildman–Crippen LogP) is 3.22. The van der Waals surface area contributed by atoms with Crippen molar-refractivity contribution in [2.45, 2.75) is 38.4 Å². The molecule has 0 spiro atoms. The van der Waals surface area contributed by atoms with Gasteiger partial charge in [0.15, 0.2) is 0 Å². The molecular formula is C14H14BrFN2O. The summed E-state index contributed by atoms with van der Waals surface area (Å²) in [5.74, 6) is 0.692. The standard InChI is InChI=1S/C14H14BrFN2O/c1-14(16)5-4-12-17-11-8-9(15)2-3-10(11)13(19)18(12)7-6-14/h2-3,8H,4-7H2,1H3. The van der Waals surface area contributed by atoms with Crippen LogP contribution < -0.4 is 5.56 Å². The zero-order valence-corrected chi connectivity index (χ0v) is 12.2. The Bertz CT molecular complexity index is 708. The fourth-order valence-corrected chi connectivity index (χ4v) is 2.85. The van der Waals surface area contributed by atoms with Gasteiger partial charge in [-0.15, -0.1) is 0 Å². The van der Waals surface area contributed by atoms with Gasteiger partial charge in [0.05, 0.1) is 10.9 Å². The van der Waals surface area contributed by atoms with Gasteiger partial charge in [-0.1, -0.05) is 15.9 Å². The molecule has 1 unspecified atom stereocenters. The van der Waals surface area contributed by atoms with Crippen molar-refractivity contribution in [2.24, 2.45) is 0 Å². The average Bonchev–Trinajstić information content (AvgIpc) is 2.49. The highest BCUT2D eigenvalue weighted by atomic mass is 79.9. The molecule has 0 amide bonds. The lowest BCUT2D eigenvalue weighted by Gasteiger charge is -2.15. The maximum absolute atomic E-state index is 14.1. The molecule has 0 fully saturated rings. The smallest absolute Gasteiger partial charge is 0.261 e. The summed E-state index contributed by atoms with van der Waals surface area (Å²) in [5.41, 5.74) is -0.606. The number of alkyl halides is 1. The third-order valence-electron chi connectivity index (χ3n) is 3.72. The predicted molar refractivity (Wildman–Crippen MR) is 76.2 cm³/mol. The number of fused-ring (bicyclic) bond motifs is 2. The highest BCUT2D eigenvalue weighted by Gasteiger charge is 2.28. The van der Waals surface area contributed by atoms with Crippen LogP contribution in [0.4, 0.5) is 4.39 Å². The number of benzene rings is 1. The van der Waals surface area contributed by atoms with Crippen LogP contribution in [0.2, 0.25) is 0 Å². The zero-order valence-electron chi connectivity index (χ0n) is 10.6. The molecule has 2 heterocycles. The quantitative estimate of drug-likeness (QED) is 0.745. The molecule has 3 rings (SSSR count). The Morgan fingerprint density at radius 2 is 2.21 bits per heavy atom. The van der Waals surface area contributed by atoms with Crippen molar-refractivity contribution in [3.8, 4) is 0 Å². The second-order valence-electron chi connectivity index (χ2n) is 5.31. The lowest BCUT2D eigenvalue weighted by Crippen LogP contribution is -2.25. The Kier molecular flexibility index (Phi) is 2.96. The summed E-state index contributed by atoms with van der Waals surface area (Å²) in [4.78, 5) is 17.0. The monoisotopic (exact) mass is 324 g/mol. The first-order chi connectivity index (χ1) is 8.96. The van der Waals surface area contributed by atoms with Crippen LogP contribution in [0.3, 0.4) is 0 Å². The first-order valence-corrected chi connectivity index (χ1v) is 7.13. The Balaban J connectivity index is 2.22. The van der Waals surface area contributed by atoms with E-state index in [1.165, 1.54) is 0 Å². The van der Waals surface area contributed by atoms with E-state index in [0.29, 0.717) is 42.5 Å². The SMILES string of the molecule is CC1(F)CCc2nc3cc(Br)ccc3c(=O)n2CC1. The van der Waals surface area contributed by atoms with Gasteiger partial charge < -0.3 is 0 Å². The van der Waals surface area contributed by atoms with E-state index < -0.39 is 5.67 Å². The van der Waals surface area contributed by atoms with Gasteiger partial charge in [0.2, 0.25) is 0 Å². The number of nitrogens with zero attached hydrogens (tertiary/aromatic N) is 2. The Labute approximate surface area is 118 Å². The van der Waals surface area contributed by atoms with Gasteiger partial charge in [-0.2, -0.15) is 0 Å². The Morgan fingerprint density at radius 1 is 1.42 bits per heavy atom. The Hall–Kier alpha value is -1.23. The van der Waals surface area contributed by atoms with Crippen LogP contribution >= 0.6 is 15.9 Å². The van der Waals surface area contributed by atoms with Crippen molar-refractivity contribution in [3.63, 3.8) is 0 Å². The van der Waals surface area contributed by atoms with Crippen LogP contribution in [0.1, 0.15) is 25.6 Å². The van der Waals surface area contributed by atoms with Gasteiger partial charge >= 0.3 is 0 Å². The number of rotatable bonds is 0. The molecule has 0 aliphatic carbocycles. The molecule has 0 radical (unpaired) electrons. The second-order valence-corrected chi connectivity index (χ2v) is 6.23. The summed E-state index contributed by atoms with van der Waals surface area (Å²) in [7, 11) is 0. The van der Waals surface area contributed by atoms with Crippen molar-refractivity contribution >= 4 is 26.8 Å². The molecule has 1 aliphatic heterocycles. The number of aryl methyl sites for hydroxylation is 1. The lowest BCUT2D eigenvalue weighted by molar-refractivity contribution is 0.162. The van der Waals surface area contributed by atoms with Gasteiger partial charge in [-0.25, -0.2) is 9.37 Å². The largest absolute Gasteiger partial charge is 0.296 e. The molecular weight excluding hydrogens is 311 g/mol. The summed E-state index contributed by atoms with van der Waals surface area (Å²) >= 11 is 3.38. The molecule has 0 saturated heterocycles. The van der Waals surface area contributed by atoms with Crippen molar-refractivity contribution in [2.75, 3.05) is 0 Å².